The van der Waals surface area contributed by atoms with Gasteiger partial charge in [0, 0.05) is 36.9 Å². The van der Waals surface area contributed by atoms with E-state index in [1.54, 1.807) is 4.90 Å². The van der Waals surface area contributed by atoms with Crippen LogP contribution in [-0.4, -0.2) is 49.2 Å². The zero-order valence-corrected chi connectivity index (χ0v) is 19.8. The molecular weight excluding hydrogens is 416 g/mol. The van der Waals surface area contributed by atoms with Gasteiger partial charge in [0.05, 0.1) is 17.4 Å². The van der Waals surface area contributed by atoms with E-state index in [1.807, 2.05) is 64.0 Å². The van der Waals surface area contributed by atoms with Gasteiger partial charge in [-0.1, -0.05) is 0 Å². The molecule has 1 aliphatic rings. The molecule has 172 valence electrons. The molecule has 8 heteroatoms. The van der Waals surface area contributed by atoms with Gasteiger partial charge in [0.25, 0.3) is 0 Å². The molecule has 0 radical (unpaired) electrons. The average Bonchev–Trinajstić information content (AvgIpc) is 3.31. The lowest BCUT2D eigenvalue weighted by molar-refractivity contribution is 0.0210. The molecule has 4 aromatic rings. The molecule has 1 unspecified atom stereocenters. The molecule has 1 atom stereocenters. The van der Waals surface area contributed by atoms with E-state index in [0.29, 0.717) is 0 Å². The molecule has 33 heavy (non-hydrogen) atoms. The van der Waals surface area contributed by atoms with E-state index in [1.165, 1.54) is 11.3 Å². The van der Waals surface area contributed by atoms with E-state index in [9.17, 15) is 4.79 Å². The maximum absolute atomic E-state index is 12.5. The maximum atomic E-state index is 12.5. The zero-order valence-electron chi connectivity index (χ0n) is 19.8. The normalized spacial score (nSPS) is 16.1. The predicted molar refractivity (Wildman–Crippen MR) is 130 cm³/mol. The number of H-pyrrole nitrogens is 1. The first-order valence-corrected chi connectivity index (χ1v) is 11.3. The summed E-state index contributed by atoms with van der Waals surface area (Å²) in [6, 6.07) is 10.3. The summed E-state index contributed by atoms with van der Waals surface area (Å²) in [4.78, 5) is 27.0. The first-order valence-electron chi connectivity index (χ1n) is 11.3. The number of ether oxygens (including phenoxy) is 1. The first-order chi connectivity index (χ1) is 15.7. The fourth-order valence-electron chi connectivity index (χ4n) is 4.51. The Kier molecular flexibility index (Phi) is 5.03. The molecule has 3 heterocycles. The summed E-state index contributed by atoms with van der Waals surface area (Å²) in [7, 11) is 3.82. The quantitative estimate of drug-likeness (QED) is 0.466. The van der Waals surface area contributed by atoms with E-state index in [4.69, 9.17) is 9.72 Å². The predicted octanol–water partition coefficient (Wildman–Crippen LogP) is 4.92. The van der Waals surface area contributed by atoms with Gasteiger partial charge in [-0.25, -0.2) is 14.8 Å². The second kappa shape index (κ2) is 7.79. The van der Waals surface area contributed by atoms with Crippen LogP contribution in [0.25, 0.3) is 22.1 Å². The first kappa shape index (κ1) is 21.3. The van der Waals surface area contributed by atoms with Crippen LogP contribution in [0.4, 0.5) is 16.3 Å². The Balaban J connectivity index is 1.36. The van der Waals surface area contributed by atoms with Crippen molar-refractivity contribution >= 4 is 39.7 Å². The van der Waals surface area contributed by atoms with Crippen molar-refractivity contribution in [3.8, 4) is 0 Å². The number of nitrogens with one attached hydrogen (secondary N) is 2. The number of aryl methyl sites for hydroxylation is 2. The fourth-order valence-corrected chi connectivity index (χ4v) is 4.51. The van der Waals surface area contributed by atoms with Crippen LogP contribution in [0.5, 0.6) is 0 Å². The number of benzene rings is 1. The van der Waals surface area contributed by atoms with Gasteiger partial charge < -0.3 is 24.5 Å². The number of carbonyl (C=O) groups is 1. The molecule has 0 aliphatic heterocycles. The Morgan fingerprint density at radius 3 is 2.88 bits per heavy atom. The summed E-state index contributed by atoms with van der Waals surface area (Å²) in [6.45, 7) is 5.68. The Bertz CT molecular complexity index is 1350. The van der Waals surface area contributed by atoms with Crippen molar-refractivity contribution < 1.29 is 9.53 Å². The number of pyridine rings is 1. The molecule has 0 spiro atoms. The topological polar surface area (TPSA) is 88.1 Å². The van der Waals surface area contributed by atoms with Crippen LogP contribution in [0.2, 0.25) is 0 Å². The molecule has 0 saturated carbocycles. The van der Waals surface area contributed by atoms with E-state index in [0.717, 1.165) is 52.8 Å². The number of imidazole rings is 1. The van der Waals surface area contributed by atoms with Crippen LogP contribution >= 0.6 is 0 Å². The van der Waals surface area contributed by atoms with Gasteiger partial charge in [-0.15, -0.1) is 0 Å². The molecule has 2 N–H and O–H groups in total. The monoisotopic (exact) mass is 446 g/mol. The number of hydrogen-bond acceptors (Lipinski definition) is 5. The maximum Gasteiger partial charge on any atom is 0.410 e. The summed E-state index contributed by atoms with van der Waals surface area (Å²) in [5, 5.41) is 4.52. The standard InChI is InChI=1S/C25H30N6O2/c1-25(2,3)33-24(32)31(5)16-7-10-19-18(13-16)17-8-11-22(29-23(17)28-19)27-15-6-9-20-21(12-15)30(4)14-26-20/h6,8-9,11-12,14,16H,7,10,13H2,1-5H3,(H2,27,28,29). The van der Waals surface area contributed by atoms with Gasteiger partial charge in [-0.05, 0) is 75.9 Å². The minimum atomic E-state index is -0.499. The van der Waals surface area contributed by atoms with Crippen molar-refractivity contribution in [3.05, 3.63) is 47.9 Å². The van der Waals surface area contributed by atoms with Crippen molar-refractivity contribution in [1.82, 2.24) is 24.4 Å². The van der Waals surface area contributed by atoms with E-state index in [-0.39, 0.29) is 12.1 Å². The van der Waals surface area contributed by atoms with Crippen LogP contribution in [0.3, 0.4) is 0 Å². The van der Waals surface area contributed by atoms with Gasteiger partial charge in [0.1, 0.15) is 17.1 Å². The van der Waals surface area contributed by atoms with Gasteiger partial charge >= 0.3 is 6.09 Å². The molecule has 1 aliphatic carbocycles. The van der Waals surface area contributed by atoms with Crippen molar-refractivity contribution in [3.63, 3.8) is 0 Å². The van der Waals surface area contributed by atoms with Gasteiger partial charge in [-0.3, -0.25) is 0 Å². The van der Waals surface area contributed by atoms with E-state index in [2.05, 4.69) is 27.4 Å². The summed E-state index contributed by atoms with van der Waals surface area (Å²) in [5.41, 5.74) is 5.82. The molecule has 8 nitrogen and oxygen atoms in total. The number of nitrogens with zero attached hydrogens (tertiary/aromatic N) is 4. The second-order valence-electron chi connectivity index (χ2n) is 9.85. The number of amides is 1. The van der Waals surface area contributed by atoms with E-state index < -0.39 is 5.60 Å². The number of aromatic amines is 1. The number of likely N-dealkylation sites (N-methyl/N-ethyl adjacent to an activating group) is 1. The SMILES string of the molecule is CN(C(=O)OC(C)(C)C)C1CCc2[nH]c3nc(Nc4ccc5ncn(C)c5c4)ccc3c2C1. The number of anilines is 2. The van der Waals surface area contributed by atoms with Gasteiger partial charge in [-0.2, -0.15) is 0 Å². The van der Waals surface area contributed by atoms with Crippen LogP contribution in [0.15, 0.2) is 36.7 Å². The Morgan fingerprint density at radius 2 is 2.09 bits per heavy atom. The molecule has 0 bridgehead atoms. The summed E-state index contributed by atoms with van der Waals surface area (Å²) in [6.07, 6.45) is 4.10. The second-order valence-corrected chi connectivity index (χ2v) is 9.85. The van der Waals surface area contributed by atoms with Crippen molar-refractivity contribution in [2.75, 3.05) is 12.4 Å². The third-order valence-corrected chi connectivity index (χ3v) is 6.25. The Hall–Kier alpha value is -3.55. The Labute approximate surface area is 193 Å². The number of fused-ring (bicyclic) bond motifs is 4. The average molecular weight is 447 g/mol. The summed E-state index contributed by atoms with van der Waals surface area (Å²) in [5.74, 6) is 0.782. The van der Waals surface area contributed by atoms with Crippen LogP contribution < -0.4 is 5.32 Å². The number of carbonyl (C=O) groups excluding carboxylic acids is 1. The molecule has 5 rings (SSSR count). The molecule has 1 amide bonds. The number of aromatic nitrogens is 4. The lowest BCUT2D eigenvalue weighted by Crippen LogP contribution is -2.43. The highest BCUT2D eigenvalue weighted by atomic mass is 16.6. The smallest absolute Gasteiger partial charge is 0.410 e. The highest BCUT2D eigenvalue weighted by Crippen LogP contribution is 2.32. The number of rotatable bonds is 3. The zero-order chi connectivity index (χ0) is 23.3. The van der Waals surface area contributed by atoms with Gasteiger partial charge in [0.2, 0.25) is 0 Å². The van der Waals surface area contributed by atoms with Crippen molar-refractivity contribution in [1.29, 1.82) is 0 Å². The minimum Gasteiger partial charge on any atom is -0.444 e. The van der Waals surface area contributed by atoms with Crippen molar-refractivity contribution in [2.45, 2.75) is 51.7 Å². The molecule has 0 fully saturated rings. The summed E-state index contributed by atoms with van der Waals surface area (Å²) >= 11 is 0. The fraction of sp³-hybridized carbons (Fsp3) is 0.400. The lowest BCUT2D eigenvalue weighted by Gasteiger charge is -2.33. The number of hydrogen-bond donors (Lipinski definition) is 2. The highest BCUT2D eigenvalue weighted by Gasteiger charge is 2.30. The molecule has 0 saturated heterocycles. The lowest BCUT2D eigenvalue weighted by atomic mass is 9.91. The van der Waals surface area contributed by atoms with Crippen LogP contribution in [0.1, 0.15) is 38.4 Å². The molecular formula is C25H30N6O2. The molecule has 3 aromatic heterocycles. The van der Waals surface area contributed by atoms with Crippen LogP contribution in [0, 0.1) is 0 Å². The van der Waals surface area contributed by atoms with Crippen LogP contribution in [-0.2, 0) is 24.6 Å². The molecule has 1 aromatic carbocycles. The third kappa shape index (κ3) is 4.13. The van der Waals surface area contributed by atoms with Crippen molar-refractivity contribution in [2.24, 2.45) is 7.05 Å². The Morgan fingerprint density at radius 1 is 1.27 bits per heavy atom. The minimum absolute atomic E-state index is 0.106. The third-order valence-electron chi connectivity index (χ3n) is 6.25. The van der Waals surface area contributed by atoms with E-state index >= 15 is 0 Å². The summed E-state index contributed by atoms with van der Waals surface area (Å²) < 4.78 is 7.56. The highest BCUT2D eigenvalue weighted by molar-refractivity contribution is 5.85. The largest absolute Gasteiger partial charge is 0.444 e. The van der Waals surface area contributed by atoms with Gasteiger partial charge in [0.15, 0.2) is 0 Å².